The van der Waals surface area contributed by atoms with Crippen LogP contribution in [0, 0.1) is 0 Å². The summed E-state index contributed by atoms with van der Waals surface area (Å²) in [7, 11) is 0. The van der Waals surface area contributed by atoms with Gasteiger partial charge >= 0.3 is 6.03 Å². The molecule has 1 saturated heterocycles. The average Bonchev–Trinajstić information content (AvgIpc) is 2.83. The lowest BCUT2D eigenvalue weighted by Crippen LogP contribution is -2.54. The van der Waals surface area contributed by atoms with Crippen LogP contribution in [0.1, 0.15) is 18.1 Å². The number of nitrogens with one attached hydrogen (secondary N) is 1. The van der Waals surface area contributed by atoms with Crippen molar-refractivity contribution < 1.29 is 23.9 Å². The lowest BCUT2D eigenvalue weighted by atomic mass is 10.1. The Bertz CT molecular complexity index is 1440. The Balaban J connectivity index is 1.66. The van der Waals surface area contributed by atoms with Gasteiger partial charge < -0.3 is 9.47 Å². The molecule has 1 aliphatic rings. The third kappa shape index (κ3) is 6.02. The van der Waals surface area contributed by atoms with Gasteiger partial charge in [0, 0.05) is 5.02 Å². The first kappa shape index (κ1) is 26.8. The molecule has 3 aromatic rings. The number of halogens is 4. The maximum Gasteiger partial charge on any atom is 0.335 e. The van der Waals surface area contributed by atoms with Crippen molar-refractivity contribution >= 4 is 76.0 Å². The smallest absolute Gasteiger partial charge is 0.335 e. The van der Waals surface area contributed by atoms with Crippen molar-refractivity contribution in [1.29, 1.82) is 0 Å². The van der Waals surface area contributed by atoms with Crippen LogP contribution >= 0.6 is 46.4 Å². The van der Waals surface area contributed by atoms with E-state index in [9.17, 15) is 14.4 Å². The molecule has 0 aromatic heterocycles. The van der Waals surface area contributed by atoms with Gasteiger partial charge in [0.2, 0.25) is 0 Å². The predicted molar refractivity (Wildman–Crippen MR) is 144 cm³/mol. The molecule has 0 radical (unpaired) electrons. The molecule has 37 heavy (non-hydrogen) atoms. The van der Waals surface area contributed by atoms with E-state index in [-0.39, 0.29) is 28.6 Å². The number of amides is 4. The molecule has 0 bridgehead atoms. The molecule has 1 heterocycles. The molecular formula is C26H18Cl4N2O5. The average molecular weight is 580 g/mol. The molecule has 1 fully saturated rings. The largest absolute Gasteiger partial charge is 0.490 e. The summed E-state index contributed by atoms with van der Waals surface area (Å²) < 4.78 is 11.6. The Kier molecular flexibility index (Phi) is 8.29. The van der Waals surface area contributed by atoms with Crippen molar-refractivity contribution in [1.82, 2.24) is 5.32 Å². The minimum absolute atomic E-state index is 0.134. The van der Waals surface area contributed by atoms with Crippen molar-refractivity contribution in [3.8, 4) is 11.5 Å². The summed E-state index contributed by atoms with van der Waals surface area (Å²) in [6.45, 7) is 2.22. The fourth-order valence-electron chi connectivity index (χ4n) is 3.53. The van der Waals surface area contributed by atoms with Crippen LogP contribution in [0.3, 0.4) is 0 Å². The molecule has 1 aliphatic heterocycles. The number of imide groups is 2. The summed E-state index contributed by atoms with van der Waals surface area (Å²) in [6, 6.07) is 13.5. The van der Waals surface area contributed by atoms with E-state index in [2.05, 4.69) is 5.32 Å². The first-order valence-electron chi connectivity index (χ1n) is 10.9. The van der Waals surface area contributed by atoms with Crippen LogP contribution in [0.2, 0.25) is 20.1 Å². The van der Waals surface area contributed by atoms with E-state index in [4.69, 9.17) is 55.9 Å². The second-order valence-corrected chi connectivity index (χ2v) is 9.40. The van der Waals surface area contributed by atoms with Gasteiger partial charge in [0.15, 0.2) is 11.5 Å². The quantitative estimate of drug-likeness (QED) is 0.242. The van der Waals surface area contributed by atoms with Gasteiger partial charge in [-0.2, -0.15) is 0 Å². The van der Waals surface area contributed by atoms with E-state index in [1.54, 1.807) is 43.3 Å². The van der Waals surface area contributed by atoms with Gasteiger partial charge in [0.25, 0.3) is 11.8 Å². The number of rotatable bonds is 7. The van der Waals surface area contributed by atoms with Gasteiger partial charge in [-0.15, -0.1) is 0 Å². The monoisotopic (exact) mass is 578 g/mol. The zero-order valence-electron chi connectivity index (χ0n) is 19.2. The summed E-state index contributed by atoms with van der Waals surface area (Å²) in [5.74, 6) is -1.09. The van der Waals surface area contributed by atoms with E-state index < -0.39 is 17.8 Å². The molecule has 3 aromatic carbocycles. The Morgan fingerprint density at radius 3 is 2.38 bits per heavy atom. The molecule has 0 saturated carbocycles. The number of ether oxygens (including phenoxy) is 2. The molecular weight excluding hydrogens is 562 g/mol. The van der Waals surface area contributed by atoms with E-state index in [0.29, 0.717) is 33.0 Å². The standard InChI is InChI=1S/C26H18Cl4N2O5/c1-2-36-22-11-15(10-21(30)23(22)37-13-14-6-7-19(28)20(29)9-14)8-18-24(33)31-26(35)32(25(18)34)17-5-3-4-16(27)12-17/h3-12H,2,13H2,1H3,(H,31,33,35)/b18-8+. The van der Waals surface area contributed by atoms with Crippen LogP contribution in [0.5, 0.6) is 11.5 Å². The topological polar surface area (TPSA) is 84.9 Å². The molecule has 4 rings (SSSR count). The Labute approximate surface area is 232 Å². The van der Waals surface area contributed by atoms with Gasteiger partial charge in [-0.1, -0.05) is 58.5 Å². The van der Waals surface area contributed by atoms with Crippen molar-refractivity contribution in [3.63, 3.8) is 0 Å². The number of carbonyl (C=O) groups is 3. The fourth-order valence-corrected chi connectivity index (χ4v) is 4.31. The second kappa shape index (κ2) is 11.4. The van der Waals surface area contributed by atoms with Crippen molar-refractivity contribution in [2.45, 2.75) is 13.5 Å². The minimum Gasteiger partial charge on any atom is -0.490 e. The van der Waals surface area contributed by atoms with Crippen molar-refractivity contribution in [3.05, 3.63) is 91.4 Å². The summed E-state index contributed by atoms with van der Waals surface area (Å²) in [5, 5.41) is 3.49. The Morgan fingerprint density at radius 2 is 1.68 bits per heavy atom. The molecule has 7 nitrogen and oxygen atoms in total. The SMILES string of the molecule is CCOc1cc(/C=C2\C(=O)NC(=O)N(c3cccc(Cl)c3)C2=O)cc(Cl)c1OCc1ccc(Cl)c(Cl)c1. The fraction of sp³-hybridized carbons (Fsp3) is 0.115. The van der Waals surface area contributed by atoms with Crippen LogP contribution in [0.15, 0.2) is 60.2 Å². The van der Waals surface area contributed by atoms with Gasteiger partial charge in [-0.3, -0.25) is 14.9 Å². The molecule has 4 amide bonds. The Hall–Kier alpha value is -3.23. The number of carbonyl (C=O) groups excluding carboxylic acids is 3. The zero-order chi connectivity index (χ0) is 26.7. The van der Waals surface area contributed by atoms with Crippen molar-refractivity contribution in [2.75, 3.05) is 11.5 Å². The number of hydrogen-bond acceptors (Lipinski definition) is 5. The highest BCUT2D eigenvalue weighted by atomic mass is 35.5. The summed E-state index contributed by atoms with van der Waals surface area (Å²) >= 11 is 24.6. The first-order valence-corrected chi connectivity index (χ1v) is 12.4. The number of urea groups is 1. The summed E-state index contributed by atoms with van der Waals surface area (Å²) in [5.41, 5.74) is 1.08. The van der Waals surface area contributed by atoms with E-state index in [0.717, 1.165) is 10.5 Å². The summed E-state index contributed by atoms with van der Waals surface area (Å²) in [6.07, 6.45) is 1.32. The molecule has 0 unspecified atom stereocenters. The van der Waals surface area contributed by atoms with Gasteiger partial charge in [-0.25, -0.2) is 9.69 Å². The van der Waals surface area contributed by atoms with E-state index in [1.807, 2.05) is 0 Å². The molecule has 0 atom stereocenters. The third-order valence-corrected chi connectivity index (χ3v) is 6.43. The molecule has 0 aliphatic carbocycles. The maximum absolute atomic E-state index is 13.2. The Morgan fingerprint density at radius 1 is 0.892 bits per heavy atom. The minimum atomic E-state index is -0.881. The highest BCUT2D eigenvalue weighted by Crippen LogP contribution is 2.38. The van der Waals surface area contributed by atoms with Crippen molar-refractivity contribution in [2.24, 2.45) is 0 Å². The number of anilines is 1. The zero-order valence-corrected chi connectivity index (χ0v) is 22.2. The predicted octanol–water partition coefficient (Wildman–Crippen LogP) is 6.94. The maximum atomic E-state index is 13.2. The lowest BCUT2D eigenvalue weighted by molar-refractivity contribution is -0.122. The van der Waals surface area contributed by atoms with Gasteiger partial charge in [0.1, 0.15) is 12.2 Å². The number of nitrogens with zero attached hydrogens (tertiary/aromatic N) is 1. The normalized spacial score (nSPS) is 14.7. The number of barbiturate groups is 1. The highest BCUT2D eigenvalue weighted by molar-refractivity contribution is 6.42. The van der Waals surface area contributed by atoms with Crippen LogP contribution < -0.4 is 19.7 Å². The van der Waals surface area contributed by atoms with Gasteiger partial charge in [-0.05, 0) is 66.6 Å². The van der Waals surface area contributed by atoms with E-state index >= 15 is 0 Å². The van der Waals surface area contributed by atoms with Crippen LogP contribution in [0.25, 0.3) is 6.08 Å². The number of hydrogen-bond donors (Lipinski definition) is 1. The number of benzene rings is 3. The summed E-state index contributed by atoms with van der Waals surface area (Å²) in [4.78, 5) is 39.0. The molecule has 190 valence electrons. The second-order valence-electron chi connectivity index (χ2n) is 7.74. The molecule has 1 N–H and O–H groups in total. The van der Waals surface area contributed by atoms with Gasteiger partial charge in [0.05, 0.1) is 27.4 Å². The molecule has 11 heteroatoms. The van der Waals surface area contributed by atoms with E-state index in [1.165, 1.54) is 24.3 Å². The lowest BCUT2D eigenvalue weighted by Gasteiger charge is -2.26. The highest BCUT2D eigenvalue weighted by Gasteiger charge is 2.37. The van der Waals surface area contributed by atoms with Crippen LogP contribution in [-0.4, -0.2) is 24.5 Å². The molecule has 0 spiro atoms. The van der Waals surface area contributed by atoms with Crippen LogP contribution in [0.4, 0.5) is 10.5 Å². The van der Waals surface area contributed by atoms with Crippen LogP contribution in [-0.2, 0) is 16.2 Å². The third-order valence-electron chi connectivity index (χ3n) is 5.18. The first-order chi connectivity index (χ1) is 17.7.